The predicted octanol–water partition coefficient (Wildman–Crippen LogP) is 6.37. The minimum Gasteiger partial charge on any atom is -0.103 e. The van der Waals surface area contributed by atoms with Gasteiger partial charge in [-0.15, -0.1) is 6.58 Å². The molecule has 0 fully saturated rings. The zero-order chi connectivity index (χ0) is 13.8. The second kappa shape index (κ2) is 11.1. The van der Waals surface area contributed by atoms with E-state index >= 15 is 0 Å². The van der Waals surface area contributed by atoms with Gasteiger partial charge in [0, 0.05) is 0 Å². The molecule has 0 aromatic carbocycles. The first-order chi connectivity index (χ1) is 8.63. The van der Waals surface area contributed by atoms with E-state index < -0.39 is 0 Å². The summed E-state index contributed by atoms with van der Waals surface area (Å²) in [5.74, 6) is 0. The third-order valence-corrected chi connectivity index (χ3v) is 3.33. The second-order valence-electron chi connectivity index (χ2n) is 5.05. The summed E-state index contributed by atoms with van der Waals surface area (Å²) in [7, 11) is 0. The number of unbranched alkanes of at least 4 members (excludes halogenated alkanes) is 2. The van der Waals surface area contributed by atoms with Gasteiger partial charge in [0.25, 0.3) is 0 Å². The Kier molecular flexibility index (Phi) is 10.4. The van der Waals surface area contributed by atoms with Crippen LogP contribution in [-0.2, 0) is 0 Å². The number of allylic oxidation sites excluding steroid dienone is 7. The molecule has 0 bridgehead atoms. The van der Waals surface area contributed by atoms with E-state index in [-0.39, 0.29) is 0 Å². The van der Waals surface area contributed by atoms with Gasteiger partial charge in [0.2, 0.25) is 0 Å². The van der Waals surface area contributed by atoms with Crippen molar-refractivity contribution in [2.24, 2.45) is 0 Å². The molecule has 0 atom stereocenters. The van der Waals surface area contributed by atoms with Crippen molar-refractivity contribution in [2.75, 3.05) is 0 Å². The monoisotopic (exact) mass is 246 g/mol. The zero-order valence-electron chi connectivity index (χ0n) is 12.8. The second-order valence-corrected chi connectivity index (χ2v) is 5.05. The van der Waals surface area contributed by atoms with Gasteiger partial charge >= 0.3 is 0 Å². The molecule has 0 heteroatoms. The van der Waals surface area contributed by atoms with Crippen molar-refractivity contribution in [1.29, 1.82) is 0 Å². The fourth-order valence-electron chi connectivity index (χ4n) is 1.95. The Morgan fingerprint density at radius 3 is 2.28 bits per heavy atom. The molecule has 0 heterocycles. The first-order valence-corrected chi connectivity index (χ1v) is 7.16. The van der Waals surface area contributed by atoms with E-state index in [4.69, 9.17) is 0 Å². The molecule has 0 aliphatic carbocycles. The maximum Gasteiger partial charge on any atom is -0.0108 e. The van der Waals surface area contributed by atoms with Crippen LogP contribution in [0.5, 0.6) is 0 Å². The molecule has 0 amide bonds. The fourth-order valence-corrected chi connectivity index (χ4v) is 1.95. The molecule has 0 aliphatic heterocycles. The Labute approximate surface area is 114 Å². The lowest BCUT2D eigenvalue weighted by atomic mass is 10.0. The Hall–Kier alpha value is -1.04. The summed E-state index contributed by atoms with van der Waals surface area (Å²) in [6.07, 6.45) is 16.0. The van der Waals surface area contributed by atoms with Crippen molar-refractivity contribution in [3.8, 4) is 0 Å². The number of hydrogen-bond donors (Lipinski definition) is 0. The zero-order valence-corrected chi connectivity index (χ0v) is 12.8. The van der Waals surface area contributed by atoms with Gasteiger partial charge in [-0.3, -0.25) is 0 Å². The SMILES string of the molecule is C=CCC(=CC)CC(C)=CCCCCC(C)=CC. The minimum absolute atomic E-state index is 1.02. The first-order valence-electron chi connectivity index (χ1n) is 7.16. The molecule has 0 spiro atoms. The van der Waals surface area contributed by atoms with E-state index in [1.807, 2.05) is 6.08 Å². The summed E-state index contributed by atoms with van der Waals surface area (Å²) in [5.41, 5.74) is 4.48. The molecule has 18 heavy (non-hydrogen) atoms. The number of rotatable bonds is 9. The molecular weight excluding hydrogens is 216 g/mol. The summed E-state index contributed by atoms with van der Waals surface area (Å²) in [5, 5.41) is 0. The summed E-state index contributed by atoms with van der Waals surface area (Å²) in [6.45, 7) is 12.5. The van der Waals surface area contributed by atoms with E-state index in [1.54, 1.807) is 0 Å². The van der Waals surface area contributed by atoms with E-state index in [2.05, 4.69) is 52.5 Å². The van der Waals surface area contributed by atoms with Crippen LogP contribution >= 0.6 is 0 Å². The molecule has 0 N–H and O–H groups in total. The van der Waals surface area contributed by atoms with Crippen LogP contribution in [0.3, 0.4) is 0 Å². The van der Waals surface area contributed by atoms with Gasteiger partial charge in [-0.25, -0.2) is 0 Å². The van der Waals surface area contributed by atoms with Crippen LogP contribution in [0.4, 0.5) is 0 Å². The predicted molar refractivity (Wildman–Crippen MR) is 84.8 cm³/mol. The molecule has 0 nitrogen and oxygen atoms in total. The van der Waals surface area contributed by atoms with E-state index in [1.165, 1.54) is 42.4 Å². The Morgan fingerprint density at radius 2 is 1.72 bits per heavy atom. The normalized spacial score (nSPS) is 13.9. The van der Waals surface area contributed by atoms with Gasteiger partial charge in [0.15, 0.2) is 0 Å². The van der Waals surface area contributed by atoms with Gasteiger partial charge < -0.3 is 0 Å². The summed E-state index contributed by atoms with van der Waals surface area (Å²) in [6, 6.07) is 0. The van der Waals surface area contributed by atoms with Gasteiger partial charge in [-0.05, 0) is 66.2 Å². The first kappa shape index (κ1) is 17.0. The van der Waals surface area contributed by atoms with Crippen molar-refractivity contribution >= 4 is 0 Å². The van der Waals surface area contributed by atoms with Crippen molar-refractivity contribution < 1.29 is 0 Å². The van der Waals surface area contributed by atoms with Gasteiger partial charge in [0.1, 0.15) is 0 Å². The van der Waals surface area contributed by atoms with E-state index in [0.717, 1.165) is 12.8 Å². The molecule has 0 rings (SSSR count). The van der Waals surface area contributed by atoms with E-state index in [0.29, 0.717) is 0 Å². The molecule has 0 saturated carbocycles. The van der Waals surface area contributed by atoms with Crippen LogP contribution in [0.25, 0.3) is 0 Å². The average Bonchev–Trinajstić information content (AvgIpc) is 2.37. The topological polar surface area (TPSA) is 0 Å². The lowest BCUT2D eigenvalue weighted by molar-refractivity contribution is 0.738. The standard InChI is InChI=1S/C18H30/c1-6-12-18(8-3)15-17(5)14-11-9-10-13-16(4)7-2/h6-8,14H,1,9-13,15H2,2-5H3. The van der Waals surface area contributed by atoms with Gasteiger partial charge in [-0.1, -0.05) is 41.0 Å². The molecule has 102 valence electrons. The highest BCUT2D eigenvalue weighted by Crippen LogP contribution is 2.16. The molecule has 0 saturated heterocycles. The van der Waals surface area contributed by atoms with Gasteiger partial charge in [0.05, 0.1) is 0 Å². The molecule has 0 unspecified atom stereocenters. The third kappa shape index (κ3) is 9.04. The van der Waals surface area contributed by atoms with Crippen LogP contribution in [0, 0.1) is 0 Å². The van der Waals surface area contributed by atoms with Gasteiger partial charge in [-0.2, -0.15) is 0 Å². The lowest BCUT2D eigenvalue weighted by Gasteiger charge is -2.05. The highest BCUT2D eigenvalue weighted by molar-refractivity contribution is 5.15. The largest absolute Gasteiger partial charge is 0.103 e. The smallest absolute Gasteiger partial charge is 0.0108 e. The fraction of sp³-hybridized carbons (Fsp3) is 0.556. The van der Waals surface area contributed by atoms with Crippen LogP contribution in [0.2, 0.25) is 0 Å². The summed E-state index contributed by atoms with van der Waals surface area (Å²) >= 11 is 0. The molecule has 0 aromatic heterocycles. The minimum atomic E-state index is 1.02. The molecule has 0 radical (unpaired) electrons. The molecule has 0 aliphatic rings. The van der Waals surface area contributed by atoms with Crippen LogP contribution in [0.15, 0.2) is 47.6 Å². The van der Waals surface area contributed by atoms with Crippen molar-refractivity contribution in [3.05, 3.63) is 47.6 Å². The van der Waals surface area contributed by atoms with Crippen molar-refractivity contribution in [2.45, 2.75) is 66.2 Å². The van der Waals surface area contributed by atoms with Crippen molar-refractivity contribution in [3.63, 3.8) is 0 Å². The van der Waals surface area contributed by atoms with Crippen molar-refractivity contribution in [1.82, 2.24) is 0 Å². The Bertz CT molecular complexity index is 313. The maximum atomic E-state index is 3.80. The van der Waals surface area contributed by atoms with Crippen LogP contribution < -0.4 is 0 Å². The summed E-state index contributed by atoms with van der Waals surface area (Å²) in [4.78, 5) is 0. The lowest BCUT2D eigenvalue weighted by Crippen LogP contribution is -1.85. The average molecular weight is 246 g/mol. The maximum absolute atomic E-state index is 3.80. The highest BCUT2D eigenvalue weighted by Gasteiger charge is 1.96. The Balaban J connectivity index is 3.87. The molecular formula is C18H30. The summed E-state index contributed by atoms with van der Waals surface area (Å²) < 4.78 is 0. The Morgan fingerprint density at radius 1 is 1.00 bits per heavy atom. The van der Waals surface area contributed by atoms with Crippen LogP contribution in [0.1, 0.15) is 66.2 Å². The third-order valence-electron chi connectivity index (χ3n) is 3.33. The molecule has 0 aromatic rings. The van der Waals surface area contributed by atoms with Crippen LogP contribution in [-0.4, -0.2) is 0 Å². The quantitative estimate of drug-likeness (QED) is 0.327. The number of hydrogen-bond acceptors (Lipinski definition) is 0. The van der Waals surface area contributed by atoms with E-state index in [9.17, 15) is 0 Å². The highest BCUT2D eigenvalue weighted by atomic mass is 14.0.